The summed E-state index contributed by atoms with van der Waals surface area (Å²) in [6, 6.07) is 8.19. The SMILES string of the molecule is CCC(Nc1ccc(F)cc1C(=O)OC)c1cccs1. The second-order valence-corrected chi connectivity index (χ2v) is 5.28. The third-order valence-electron chi connectivity index (χ3n) is 3.01. The third kappa shape index (κ3) is 3.17. The molecule has 0 amide bonds. The van der Waals surface area contributed by atoms with E-state index in [9.17, 15) is 9.18 Å². The maximum absolute atomic E-state index is 13.3. The van der Waals surface area contributed by atoms with E-state index in [1.54, 1.807) is 17.4 Å². The fraction of sp³-hybridized carbons (Fsp3) is 0.267. The van der Waals surface area contributed by atoms with Gasteiger partial charge in [-0.25, -0.2) is 9.18 Å². The number of carbonyl (C=O) groups is 1. The number of carbonyl (C=O) groups excluding carboxylic acids is 1. The van der Waals surface area contributed by atoms with Gasteiger partial charge in [-0.1, -0.05) is 13.0 Å². The minimum Gasteiger partial charge on any atom is -0.465 e. The summed E-state index contributed by atoms with van der Waals surface area (Å²) in [6.07, 6.45) is 0.860. The van der Waals surface area contributed by atoms with Gasteiger partial charge in [-0.15, -0.1) is 11.3 Å². The molecular formula is C15H16FNO2S. The molecular weight excluding hydrogens is 277 g/mol. The largest absolute Gasteiger partial charge is 0.465 e. The van der Waals surface area contributed by atoms with Crippen LogP contribution in [0.2, 0.25) is 0 Å². The monoisotopic (exact) mass is 293 g/mol. The second-order valence-electron chi connectivity index (χ2n) is 4.30. The van der Waals surface area contributed by atoms with E-state index in [-0.39, 0.29) is 11.6 Å². The number of hydrogen-bond acceptors (Lipinski definition) is 4. The number of ether oxygens (including phenoxy) is 1. The average molecular weight is 293 g/mol. The van der Waals surface area contributed by atoms with Crippen molar-refractivity contribution >= 4 is 23.0 Å². The fourth-order valence-electron chi connectivity index (χ4n) is 1.97. The molecule has 1 unspecified atom stereocenters. The van der Waals surface area contributed by atoms with Crippen molar-refractivity contribution in [1.82, 2.24) is 0 Å². The zero-order valence-corrected chi connectivity index (χ0v) is 12.2. The van der Waals surface area contributed by atoms with Gasteiger partial charge in [0.25, 0.3) is 0 Å². The zero-order valence-electron chi connectivity index (χ0n) is 11.4. The van der Waals surface area contributed by atoms with Gasteiger partial charge in [-0.05, 0) is 36.1 Å². The van der Waals surface area contributed by atoms with E-state index < -0.39 is 11.8 Å². The molecule has 0 saturated heterocycles. The van der Waals surface area contributed by atoms with Crippen LogP contribution in [0.25, 0.3) is 0 Å². The molecule has 0 spiro atoms. The first-order valence-electron chi connectivity index (χ1n) is 6.33. The van der Waals surface area contributed by atoms with Crippen molar-refractivity contribution < 1.29 is 13.9 Å². The van der Waals surface area contributed by atoms with Crippen molar-refractivity contribution in [3.05, 3.63) is 52.0 Å². The molecule has 1 aromatic heterocycles. The Balaban J connectivity index is 2.30. The van der Waals surface area contributed by atoms with E-state index in [1.807, 2.05) is 17.5 Å². The van der Waals surface area contributed by atoms with Crippen LogP contribution in [0, 0.1) is 5.82 Å². The summed E-state index contributed by atoms with van der Waals surface area (Å²) in [5.74, 6) is -1.01. The molecule has 3 nitrogen and oxygen atoms in total. The molecule has 5 heteroatoms. The lowest BCUT2D eigenvalue weighted by atomic mass is 10.1. The smallest absolute Gasteiger partial charge is 0.340 e. The van der Waals surface area contributed by atoms with Crippen LogP contribution in [0.4, 0.5) is 10.1 Å². The summed E-state index contributed by atoms with van der Waals surface area (Å²) < 4.78 is 18.0. The van der Waals surface area contributed by atoms with Crippen LogP contribution < -0.4 is 5.32 Å². The lowest BCUT2D eigenvalue weighted by Gasteiger charge is -2.19. The molecule has 1 atom stereocenters. The van der Waals surface area contributed by atoms with Gasteiger partial charge in [-0.2, -0.15) is 0 Å². The lowest BCUT2D eigenvalue weighted by molar-refractivity contribution is 0.0601. The van der Waals surface area contributed by atoms with Gasteiger partial charge in [0, 0.05) is 10.6 Å². The summed E-state index contributed by atoms with van der Waals surface area (Å²) in [5, 5.41) is 5.29. The van der Waals surface area contributed by atoms with Crippen molar-refractivity contribution in [3.63, 3.8) is 0 Å². The second kappa shape index (κ2) is 6.52. The molecule has 0 fully saturated rings. The third-order valence-corrected chi connectivity index (χ3v) is 4.00. The van der Waals surface area contributed by atoms with Crippen LogP contribution in [0.3, 0.4) is 0 Å². The molecule has 0 aliphatic carbocycles. The average Bonchev–Trinajstić information content (AvgIpc) is 2.99. The highest BCUT2D eigenvalue weighted by Crippen LogP contribution is 2.28. The minimum atomic E-state index is -0.548. The molecule has 2 rings (SSSR count). The quantitative estimate of drug-likeness (QED) is 0.838. The highest BCUT2D eigenvalue weighted by molar-refractivity contribution is 7.10. The molecule has 0 radical (unpaired) electrons. The van der Waals surface area contributed by atoms with Crippen LogP contribution in [0.15, 0.2) is 35.7 Å². The molecule has 0 aliphatic heterocycles. The Labute approximate surface area is 121 Å². The van der Waals surface area contributed by atoms with Gasteiger partial charge in [-0.3, -0.25) is 0 Å². The van der Waals surface area contributed by atoms with Crippen molar-refractivity contribution in [3.8, 4) is 0 Å². The molecule has 20 heavy (non-hydrogen) atoms. The van der Waals surface area contributed by atoms with Gasteiger partial charge in [0.1, 0.15) is 5.82 Å². The van der Waals surface area contributed by atoms with Gasteiger partial charge in [0.05, 0.1) is 18.7 Å². The number of halogens is 1. The van der Waals surface area contributed by atoms with E-state index in [0.717, 1.165) is 6.42 Å². The van der Waals surface area contributed by atoms with Crippen molar-refractivity contribution in [2.75, 3.05) is 12.4 Å². The predicted molar refractivity (Wildman–Crippen MR) is 78.7 cm³/mol. The number of anilines is 1. The zero-order chi connectivity index (χ0) is 14.5. The van der Waals surface area contributed by atoms with E-state index in [1.165, 1.54) is 24.1 Å². The summed E-state index contributed by atoms with van der Waals surface area (Å²) >= 11 is 1.65. The van der Waals surface area contributed by atoms with Gasteiger partial charge < -0.3 is 10.1 Å². The Morgan fingerprint density at radius 1 is 1.45 bits per heavy atom. The highest BCUT2D eigenvalue weighted by atomic mass is 32.1. The molecule has 2 aromatic rings. The summed E-state index contributed by atoms with van der Waals surface area (Å²) in [7, 11) is 1.29. The number of methoxy groups -OCH3 is 1. The Morgan fingerprint density at radius 2 is 2.25 bits per heavy atom. The Kier molecular flexibility index (Phi) is 4.74. The van der Waals surface area contributed by atoms with E-state index in [0.29, 0.717) is 5.69 Å². The van der Waals surface area contributed by atoms with Crippen molar-refractivity contribution in [2.24, 2.45) is 0 Å². The molecule has 0 saturated carbocycles. The van der Waals surface area contributed by atoms with Crippen LogP contribution in [-0.4, -0.2) is 13.1 Å². The fourth-order valence-corrected chi connectivity index (χ4v) is 2.83. The first-order valence-corrected chi connectivity index (χ1v) is 7.21. The van der Waals surface area contributed by atoms with Gasteiger partial charge in [0.15, 0.2) is 0 Å². The maximum Gasteiger partial charge on any atom is 0.340 e. The first kappa shape index (κ1) is 14.5. The van der Waals surface area contributed by atoms with Crippen LogP contribution in [-0.2, 0) is 4.74 Å². The van der Waals surface area contributed by atoms with Gasteiger partial charge in [0.2, 0.25) is 0 Å². The van der Waals surface area contributed by atoms with Crippen molar-refractivity contribution in [2.45, 2.75) is 19.4 Å². The minimum absolute atomic E-state index is 0.0869. The Morgan fingerprint density at radius 3 is 2.85 bits per heavy atom. The first-order chi connectivity index (χ1) is 9.65. The highest BCUT2D eigenvalue weighted by Gasteiger charge is 2.17. The molecule has 106 valence electrons. The number of hydrogen-bond donors (Lipinski definition) is 1. The van der Waals surface area contributed by atoms with Crippen molar-refractivity contribution in [1.29, 1.82) is 0 Å². The van der Waals surface area contributed by atoms with Crippen LogP contribution >= 0.6 is 11.3 Å². The summed E-state index contributed by atoms with van der Waals surface area (Å²) in [5.41, 5.74) is 0.793. The van der Waals surface area contributed by atoms with E-state index in [4.69, 9.17) is 4.74 Å². The van der Waals surface area contributed by atoms with E-state index >= 15 is 0 Å². The molecule has 1 N–H and O–H groups in total. The normalized spacial score (nSPS) is 11.9. The number of rotatable bonds is 5. The van der Waals surface area contributed by atoms with Crippen LogP contribution in [0.5, 0.6) is 0 Å². The molecule has 1 aromatic carbocycles. The number of thiophene rings is 1. The standard InChI is InChI=1S/C15H16FNO2S/c1-3-12(14-5-4-8-20-14)17-13-7-6-10(16)9-11(13)15(18)19-2/h4-9,12,17H,3H2,1-2H3. The lowest BCUT2D eigenvalue weighted by Crippen LogP contribution is -2.13. The topological polar surface area (TPSA) is 38.3 Å². The molecule has 0 aliphatic rings. The number of benzene rings is 1. The number of esters is 1. The van der Waals surface area contributed by atoms with Crippen LogP contribution in [0.1, 0.15) is 34.6 Å². The summed E-state index contributed by atoms with van der Waals surface area (Å²) in [4.78, 5) is 12.9. The maximum atomic E-state index is 13.3. The summed E-state index contributed by atoms with van der Waals surface area (Å²) in [6.45, 7) is 2.05. The Bertz CT molecular complexity index is 584. The number of nitrogens with one attached hydrogen (secondary N) is 1. The van der Waals surface area contributed by atoms with E-state index in [2.05, 4.69) is 12.2 Å². The Hall–Kier alpha value is -1.88. The van der Waals surface area contributed by atoms with Gasteiger partial charge >= 0.3 is 5.97 Å². The molecule has 1 heterocycles. The predicted octanol–water partition coefficient (Wildman–Crippen LogP) is 4.24. The molecule has 0 bridgehead atoms.